The second-order valence-electron chi connectivity index (χ2n) is 12.1. The van der Waals surface area contributed by atoms with Gasteiger partial charge in [0.25, 0.3) is 0 Å². The zero-order valence-corrected chi connectivity index (χ0v) is 21.2. The fraction of sp³-hybridized carbons (Fsp3) is 0.625. The molecule has 0 saturated heterocycles. The molecule has 2 aromatic rings. The van der Waals surface area contributed by atoms with E-state index >= 15 is 8.78 Å². The lowest BCUT2D eigenvalue weighted by molar-refractivity contribution is 0.165. The van der Waals surface area contributed by atoms with E-state index in [-0.39, 0.29) is 11.6 Å². The smallest absolute Gasteiger partial charge is 0.131 e. The Hall–Kier alpha value is -1.70. The van der Waals surface area contributed by atoms with Crippen molar-refractivity contribution in [1.82, 2.24) is 0 Å². The average Bonchev–Trinajstić information content (AvgIpc) is 2.85. The van der Waals surface area contributed by atoms with E-state index in [2.05, 4.69) is 19.9 Å². The molecule has 0 aliphatic heterocycles. The molecule has 3 aliphatic rings. The minimum atomic E-state index is -0.287. The molecule has 0 heterocycles. The number of halogens is 2. The van der Waals surface area contributed by atoms with Gasteiger partial charge in [0, 0.05) is 11.1 Å². The van der Waals surface area contributed by atoms with Crippen LogP contribution in [0.5, 0.6) is 0 Å². The van der Waals surface area contributed by atoms with Crippen molar-refractivity contribution in [1.29, 1.82) is 0 Å². The van der Waals surface area contributed by atoms with Gasteiger partial charge in [-0.1, -0.05) is 63.8 Å². The molecular weight excluding hydrogens is 422 g/mol. The average molecular weight is 465 g/mol. The molecule has 3 fully saturated rings. The van der Waals surface area contributed by atoms with Gasteiger partial charge in [-0.2, -0.15) is 0 Å². The van der Waals surface area contributed by atoms with Crippen molar-refractivity contribution < 1.29 is 8.78 Å². The molecule has 0 radical (unpaired) electrons. The molecule has 0 bridgehead atoms. The summed E-state index contributed by atoms with van der Waals surface area (Å²) in [5.41, 5.74) is 2.97. The lowest BCUT2D eigenvalue weighted by Crippen LogP contribution is -2.24. The highest BCUT2D eigenvalue weighted by molar-refractivity contribution is 5.66. The fourth-order valence-electron chi connectivity index (χ4n) is 7.28. The van der Waals surface area contributed by atoms with E-state index in [1.54, 1.807) is 18.2 Å². The zero-order valence-electron chi connectivity index (χ0n) is 21.2. The molecule has 2 heteroatoms. The van der Waals surface area contributed by atoms with Crippen molar-refractivity contribution >= 4 is 0 Å². The molecule has 0 spiro atoms. The Morgan fingerprint density at radius 3 is 1.26 bits per heavy atom. The van der Waals surface area contributed by atoms with Gasteiger partial charge in [-0.25, -0.2) is 8.78 Å². The first-order chi connectivity index (χ1) is 16.5. The first-order valence-electron chi connectivity index (χ1n) is 14.1. The van der Waals surface area contributed by atoms with Gasteiger partial charge in [0.1, 0.15) is 11.6 Å². The van der Waals surface area contributed by atoms with Crippen LogP contribution >= 0.6 is 0 Å². The maximum atomic E-state index is 15.2. The number of hydrogen-bond acceptors (Lipinski definition) is 0. The van der Waals surface area contributed by atoms with E-state index < -0.39 is 0 Å². The third-order valence-electron chi connectivity index (χ3n) is 9.73. The second kappa shape index (κ2) is 10.5. The molecule has 0 aromatic heterocycles. The van der Waals surface area contributed by atoms with Crippen LogP contribution in [0.2, 0.25) is 0 Å². The molecule has 0 atom stereocenters. The molecule has 0 nitrogen and oxygen atoms in total. The van der Waals surface area contributed by atoms with Crippen LogP contribution < -0.4 is 0 Å². The SMILES string of the molecule is CC1CCC(c2ccc(-c3ccc(C4CCC(C5CCC(C)CC5)CC4)cc3F)c(F)c2)CC1. The number of hydrogen-bond donors (Lipinski definition) is 0. The van der Waals surface area contributed by atoms with Crippen molar-refractivity contribution in [2.24, 2.45) is 23.7 Å². The molecule has 3 aliphatic carbocycles. The lowest BCUT2D eigenvalue weighted by Gasteiger charge is -2.37. The molecule has 0 unspecified atom stereocenters. The molecule has 3 saturated carbocycles. The van der Waals surface area contributed by atoms with Gasteiger partial charge in [0.15, 0.2) is 0 Å². The topological polar surface area (TPSA) is 0 Å². The fourth-order valence-corrected chi connectivity index (χ4v) is 7.28. The minimum absolute atomic E-state index is 0.279. The summed E-state index contributed by atoms with van der Waals surface area (Å²) in [4.78, 5) is 0. The summed E-state index contributed by atoms with van der Waals surface area (Å²) in [6.07, 6.45) is 15.2. The van der Waals surface area contributed by atoms with Gasteiger partial charge >= 0.3 is 0 Å². The first kappa shape index (κ1) is 24.0. The maximum Gasteiger partial charge on any atom is 0.131 e. The molecule has 0 amide bonds. The van der Waals surface area contributed by atoms with E-state index in [4.69, 9.17) is 0 Å². The summed E-state index contributed by atoms with van der Waals surface area (Å²) in [6, 6.07) is 11.1. The Morgan fingerprint density at radius 1 is 0.500 bits per heavy atom. The predicted molar refractivity (Wildman–Crippen MR) is 138 cm³/mol. The molecular formula is C32H42F2. The van der Waals surface area contributed by atoms with Crippen LogP contribution in [0.25, 0.3) is 11.1 Å². The summed E-state index contributed by atoms with van der Waals surface area (Å²) in [5.74, 6) is 3.80. The Labute approximate surface area is 205 Å². The van der Waals surface area contributed by atoms with E-state index in [1.165, 1.54) is 64.2 Å². The van der Waals surface area contributed by atoms with E-state index in [0.29, 0.717) is 23.0 Å². The summed E-state index contributed by atoms with van der Waals surface area (Å²) in [7, 11) is 0. The minimum Gasteiger partial charge on any atom is -0.206 e. The lowest BCUT2D eigenvalue weighted by atomic mass is 9.68. The largest absolute Gasteiger partial charge is 0.206 e. The van der Waals surface area contributed by atoms with Gasteiger partial charge in [-0.3, -0.25) is 0 Å². The third kappa shape index (κ3) is 5.26. The Balaban J connectivity index is 1.24. The molecule has 2 aromatic carbocycles. The van der Waals surface area contributed by atoms with Gasteiger partial charge < -0.3 is 0 Å². The maximum absolute atomic E-state index is 15.2. The van der Waals surface area contributed by atoms with Crippen molar-refractivity contribution in [3.8, 4) is 11.1 Å². The monoisotopic (exact) mass is 464 g/mol. The molecule has 184 valence electrons. The highest BCUT2D eigenvalue weighted by Gasteiger charge is 2.30. The van der Waals surface area contributed by atoms with Crippen molar-refractivity contribution in [2.45, 2.75) is 103 Å². The van der Waals surface area contributed by atoms with Crippen molar-refractivity contribution in [2.75, 3.05) is 0 Å². The van der Waals surface area contributed by atoms with Crippen molar-refractivity contribution in [3.05, 3.63) is 59.2 Å². The molecule has 34 heavy (non-hydrogen) atoms. The van der Waals surface area contributed by atoms with Crippen LogP contribution in [0.1, 0.15) is 114 Å². The normalized spacial score (nSPS) is 32.5. The Kier molecular flexibility index (Phi) is 7.42. The summed E-state index contributed by atoms with van der Waals surface area (Å²) < 4.78 is 30.3. The summed E-state index contributed by atoms with van der Waals surface area (Å²) >= 11 is 0. The van der Waals surface area contributed by atoms with Crippen LogP contribution in [0.3, 0.4) is 0 Å². The van der Waals surface area contributed by atoms with E-state index in [9.17, 15) is 0 Å². The number of benzene rings is 2. The predicted octanol–water partition coefficient (Wildman–Crippen LogP) is 10.0. The van der Waals surface area contributed by atoms with E-state index in [1.807, 2.05) is 12.1 Å². The van der Waals surface area contributed by atoms with E-state index in [0.717, 1.165) is 47.6 Å². The quantitative estimate of drug-likeness (QED) is 0.422. The standard InChI is InChI=1S/C32H42F2/c1-21-3-7-23(8-4-21)24-11-13-26(14-12-24)28-16-18-30(32(34)20-28)29-17-15-27(19-31(29)33)25-9-5-22(2)6-10-25/h15-26H,3-14H2,1-2H3. The van der Waals surface area contributed by atoms with Gasteiger partial charge in [-0.05, 0) is 110 Å². The highest BCUT2D eigenvalue weighted by Crippen LogP contribution is 2.44. The first-order valence-corrected chi connectivity index (χ1v) is 14.1. The Morgan fingerprint density at radius 2 is 0.853 bits per heavy atom. The van der Waals surface area contributed by atoms with Crippen molar-refractivity contribution in [3.63, 3.8) is 0 Å². The van der Waals surface area contributed by atoms with Crippen LogP contribution in [-0.2, 0) is 0 Å². The Bertz CT molecular complexity index is 955. The zero-order chi connectivity index (χ0) is 23.7. The van der Waals surface area contributed by atoms with Crippen LogP contribution in [-0.4, -0.2) is 0 Å². The number of rotatable bonds is 4. The molecule has 5 rings (SSSR count). The molecule has 0 N–H and O–H groups in total. The second-order valence-corrected chi connectivity index (χ2v) is 12.1. The highest BCUT2D eigenvalue weighted by atomic mass is 19.1. The van der Waals surface area contributed by atoms with Crippen LogP contribution in [0.15, 0.2) is 36.4 Å². The van der Waals surface area contributed by atoms with Crippen LogP contribution in [0.4, 0.5) is 8.78 Å². The third-order valence-corrected chi connectivity index (χ3v) is 9.73. The van der Waals surface area contributed by atoms with Gasteiger partial charge in [0.05, 0.1) is 0 Å². The van der Waals surface area contributed by atoms with Crippen LogP contribution in [0, 0.1) is 35.3 Å². The van der Waals surface area contributed by atoms with Gasteiger partial charge in [-0.15, -0.1) is 0 Å². The summed E-state index contributed by atoms with van der Waals surface area (Å²) in [6.45, 7) is 4.69. The summed E-state index contributed by atoms with van der Waals surface area (Å²) in [5, 5.41) is 0. The van der Waals surface area contributed by atoms with Gasteiger partial charge in [0.2, 0.25) is 0 Å².